The van der Waals surface area contributed by atoms with Crippen LogP contribution in [0.4, 0.5) is 18.9 Å². The standard InChI is InChI=1S/C15H14ClF3N2O2/c1-6(2)20-13-9-4-8(16)5-10(15(17,18)19)12(9)21-14(23)11(13)7(3)22/h4-6H,1-3H3,(H2,20,21,23). The lowest BCUT2D eigenvalue weighted by Crippen LogP contribution is -2.23. The van der Waals surface area contributed by atoms with Crippen LogP contribution in [0.3, 0.4) is 0 Å². The summed E-state index contributed by atoms with van der Waals surface area (Å²) in [7, 11) is 0. The van der Waals surface area contributed by atoms with Gasteiger partial charge in [0.05, 0.1) is 16.8 Å². The third-order valence-electron chi connectivity index (χ3n) is 3.18. The SMILES string of the molecule is CC(=O)c1c(NC(C)C)c2cc(Cl)cc(C(F)(F)F)c2[nH]c1=O. The Labute approximate surface area is 134 Å². The summed E-state index contributed by atoms with van der Waals surface area (Å²) in [5.74, 6) is -0.551. The summed E-state index contributed by atoms with van der Waals surface area (Å²) in [5.41, 5.74) is -2.50. The first-order chi connectivity index (χ1) is 10.5. The lowest BCUT2D eigenvalue weighted by Gasteiger charge is -2.18. The Bertz CT molecular complexity index is 841. The number of aromatic nitrogens is 1. The van der Waals surface area contributed by atoms with Crippen LogP contribution in [0.2, 0.25) is 5.02 Å². The number of benzene rings is 1. The monoisotopic (exact) mass is 346 g/mol. The van der Waals surface area contributed by atoms with E-state index in [9.17, 15) is 22.8 Å². The number of carbonyl (C=O) groups excluding carboxylic acids is 1. The largest absolute Gasteiger partial charge is 0.418 e. The van der Waals surface area contributed by atoms with Gasteiger partial charge in [-0.05, 0) is 32.9 Å². The number of carbonyl (C=O) groups is 1. The number of aromatic amines is 1. The summed E-state index contributed by atoms with van der Waals surface area (Å²) >= 11 is 5.81. The van der Waals surface area contributed by atoms with E-state index >= 15 is 0 Å². The zero-order chi connectivity index (χ0) is 17.5. The molecular formula is C15H14ClF3N2O2. The van der Waals surface area contributed by atoms with Crippen LogP contribution in [0.15, 0.2) is 16.9 Å². The van der Waals surface area contributed by atoms with E-state index in [2.05, 4.69) is 10.3 Å². The van der Waals surface area contributed by atoms with E-state index in [0.717, 1.165) is 6.07 Å². The number of pyridine rings is 1. The first-order valence-corrected chi connectivity index (χ1v) is 7.14. The second kappa shape index (κ2) is 5.88. The summed E-state index contributed by atoms with van der Waals surface area (Å²) in [5, 5.41) is 2.78. The van der Waals surface area contributed by atoms with Crippen molar-refractivity contribution >= 4 is 34.0 Å². The van der Waals surface area contributed by atoms with E-state index in [1.165, 1.54) is 13.0 Å². The van der Waals surface area contributed by atoms with E-state index in [-0.39, 0.29) is 27.7 Å². The van der Waals surface area contributed by atoms with Gasteiger partial charge < -0.3 is 10.3 Å². The van der Waals surface area contributed by atoms with Gasteiger partial charge in [0, 0.05) is 16.5 Å². The van der Waals surface area contributed by atoms with Crippen molar-refractivity contribution in [3.8, 4) is 0 Å². The minimum Gasteiger partial charge on any atom is -0.382 e. The zero-order valence-corrected chi connectivity index (χ0v) is 13.3. The number of anilines is 1. The normalized spacial score (nSPS) is 12.0. The Kier molecular flexibility index (Phi) is 4.43. The number of hydrogen-bond acceptors (Lipinski definition) is 3. The fourth-order valence-electron chi connectivity index (χ4n) is 2.36. The molecule has 0 saturated carbocycles. The first-order valence-electron chi connectivity index (χ1n) is 6.76. The molecule has 4 nitrogen and oxygen atoms in total. The Morgan fingerprint density at radius 2 is 1.91 bits per heavy atom. The maximum atomic E-state index is 13.2. The van der Waals surface area contributed by atoms with Crippen molar-refractivity contribution < 1.29 is 18.0 Å². The third-order valence-corrected chi connectivity index (χ3v) is 3.40. The number of H-pyrrole nitrogens is 1. The highest BCUT2D eigenvalue weighted by atomic mass is 35.5. The smallest absolute Gasteiger partial charge is 0.382 e. The average molecular weight is 347 g/mol. The zero-order valence-electron chi connectivity index (χ0n) is 12.6. The molecular weight excluding hydrogens is 333 g/mol. The number of hydrogen-bond donors (Lipinski definition) is 2. The second-order valence-electron chi connectivity index (χ2n) is 5.43. The second-order valence-corrected chi connectivity index (χ2v) is 5.87. The Morgan fingerprint density at radius 3 is 2.39 bits per heavy atom. The van der Waals surface area contributed by atoms with Crippen LogP contribution in [0.25, 0.3) is 10.9 Å². The van der Waals surface area contributed by atoms with E-state index in [4.69, 9.17) is 11.6 Å². The summed E-state index contributed by atoms with van der Waals surface area (Å²) in [4.78, 5) is 26.0. The molecule has 2 rings (SSSR count). The molecule has 0 amide bonds. The van der Waals surface area contributed by atoms with Gasteiger partial charge >= 0.3 is 6.18 Å². The average Bonchev–Trinajstić information content (AvgIpc) is 2.36. The number of rotatable bonds is 3. The molecule has 0 bridgehead atoms. The maximum Gasteiger partial charge on any atom is 0.418 e. The molecule has 2 aromatic rings. The number of halogens is 4. The quantitative estimate of drug-likeness (QED) is 0.818. The molecule has 23 heavy (non-hydrogen) atoms. The lowest BCUT2D eigenvalue weighted by atomic mass is 10.0. The topological polar surface area (TPSA) is 62.0 Å². The minimum absolute atomic E-state index is 0.0447. The van der Waals surface area contributed by atoms with Crippen LogP contribution in [0.5, 0.6) is 0 Å². The van der Waals surface area contributed by atoms with Crippen molar-refractivity contribution in [1.82, 2.24) is 4.98 Å². The van der Waals surface area contributed by atoms with Gasteiger partial charge in [0.25, 0.3) is 5.56 Å². The predicted molar refractivity (Wildman–Crippen MR) is 83.3 cm³/mol. The molecule has 0 atom stereocenters. The number of ketones is 1. The molecule has 1 aromatic carbocycles. The summed E-state index contributed by atoms with van der Waals surface area (Å²) < 4.78 is 39.6. The van der Waals surface area contributed by atoms with Crippen LogP contribution in [0, 0.1) is 0 Å². The fourth-order valence-corrected chi connectivity index (χ4v) is 2.58. The van der Waals surface area contributed by atoms with Crippen molar-refractivity contribution in [2.45, 2.75) is 33.0 Å². The molecule has 0 aliphatic rings. The molecule has 0 fully saturated rings. The Hall–Kier alpha value is -2.02. The summed E-state index contributed by atoms with van der Waals surface area (Å²) in [6, 6.07) is 1.83. The highest BCUT2D eigenvalue weighted by Gasteiger charge is 2.34. The molecule has 0 spiro atoms. The number of nitrogens with one attached hydrogen (secondary N) is 2. The van der Waals surface area contributed by atoms with Crippen LogP contribution in [-0.2, 0) is 6.18 Å². The van der Waals surface area contributed by atoms with Crippen LogP contribution in [-0.4, -0.2) is 16.8 Å². The van der Waals surface area contributed by atoms with Gasteiger partial charge in [0.2, 0.25) is 0 Å². The molecule has 124 valence electrons. The molecule has 0 radical (unpaired) electrons. The van der Waals surface area contributed by atoms with E-state index < -0.39 is 28.6 Å². The molecule has 0 saturated heterocycles. The van der Waals surface area contributed by atoms with Gasteiger partial charge in [-0.25, -0.2) is 0 Å². The predicted octanol–water partition coefficient (Wildman–Crippen LogP) is 4.22. The molecule has 0 aliphatic heterocycles. The van der Waals surface area contributed by atoms with Crippen molar-refractivity contribution in [3.63, 3.8) is 0 Å². The summed E-state index contributed by atoms with van der Waals surface area (Å²) in [6.07, 6.45) is -4.70. The lowest BCUT2D eigenvalue weighted by molar-refractivity contribution is -0.136. The molecule has 2 N–H and O–H groups in total. The Morgan fingerprint density at radius 1 is 1.30 bits per heavy atom. The van der Waals surface area contributed by atoms with E-state index in [0.29, 0.717) is 0 Å². The third kappa shape index (κ3) is 3.34. The molecule has 0 unspecified atom stereocenters. The molecule has 8 heteroatoms. The number of alkyl halides is 3. The van der Waals surface area contributed by atoms with E-state index in [1.807, 2.05) is 0 Å². The number of Topliss-reactive ketones (excluding diaryl/α,β-unsaturated/α-hetero) is 1. The fraction of sp³-hybridized carbons (Fsp3) is 0.333. The number of fused-ring (bicyclic) bond motifs is 1. The molecule has 0 aliphatic carbocycles. The first kappa shape index (κ1) is 17.3. The highest BCUT2D eigenvalue weighted by molar-refractivity contribution is 6.31. The van der Waals surface area contributed by atoms with Gasteiger partial charge in [-0.1, -0.05) is 11.6 Å². The minimum atomic E-state index is -4.70. The van der Waals surface area contributed by atoms with Crippen molar-refractivity contribution in [2.24, 2.45) is 0 Å². The highest BCUT2D eigenvalue weighted by Crippen LogP contribution is 2.38. The van der Waals surface area contributed by atoms with Gasteiger partial charge in [-0.2, -0.15) is 13.2 Å². The van der Waals surface area contributed by atoms with Crippen molar-refractivity contribution in [3.05, 3.63) is 38.6 Å². The van der Waals surface area contributed by atoms with Crippen LogP contribution < -0.4 is 10.9 Å². The van der Waals surface area contributed by atoms with Gasteiger partial charge in [0.1, 0.15) is 5.56 Å². The van der Waals surface area contributed by atoms with Gasteiger partial charge in [-0.15, -0.1) is 0 Å². The van der Waals surface area contributed by atoms with Gasteiger partial charge in [-0.3, -0.25) is 9.59 Å². The molecule has 1 heterocycles. The van der Waals surface area contributed by atoms with Crippen LogP contribution >= 0.6 is 11.6 Å². The van der Waals surface area contributed by atoms with Crippen molar-refractivity contribution in [2.75, 3.05) is 5.32 Å². The van der Waals surface area contributed by atoms with Gasteiger partial charge in [0.15, 0.2) is 5.78 Å². The summed E-state index contributed by atoms with van der Waals surface area (Å²) in [6.45, 7) is 4.66. The van der Waals surface area contributed by atoms with Crippen molar-refractivity contribution in [1.29, 1.82) is 0 Å². The molecule has 1 aromatic heterocycles. The van der Waals surface area contributed by atoms with Crippen LogP contribution in [0.1, 0.15) is 36.7 Å². The van der Waals surface area contributed by atoms with E-state index in [1.54, 1.807) is 13.8 Å². The maximum absolute atomic E-state index is 13.2. The Balaban J connectivity index is 3.02.